The van der Waals surface area contributed by atoms with E-state index in [1.165, 1.54) is 0 Å². The van der Waals surface area contributed by atoms with Crippen molar-refractivity contribution in [1.82, 2.24) is 4.90 Å². The molecule has 0 aliphatic rings. The van der Waals surface area contributed by atoms with E-state index < -0.39 is 24.0 Å². The van der Waals surface area contributed by atoms with Crippen LogP contribution < -0.4 is 5.73 Å². The molecule has 0 heterocycles. The lowest BCUT2D eigenvalue weighted by atomic mass is 9.83. The average molecular weight is 274 g/mol. The zero-order valence-corrected chi connectivity index (χ0v) is 11.1. The summed E-state index contributed by atoms with van der Waals surface area (Å²) in [6.45, 7) is 1.92. The van der Waals surface area contributed by atoms with Crippen LogP contribution in [0, 0.1) is 0 Å². The number of rotatable bonds is 3. The number of carbonyl (C=O) groups is 1. The first-order valence-corrected chi connectivity index (χ1v) is 5.72. The van der Waals surface area contributed by atoms with Crippen molar-refractivity contribution >= 4 is 11.6 Å². The van der Waals surface area contributed by atoms with Crippen LogP contribution in [0.1, 0.15) is 19.4 Å². The molecule has 0 fully saturated rings. The Balaban J connectivity index is 2.93. The molecule has 1 rings (SSSR count). The number of nitrogen functional groups attached to an aromatic ring is 1. The zero-order valence-electron chi connectivity index (χ0n) is 11.1. The first-order chi connectivity index (χ1) is 8.54. The van der Waals surface area contributed by atoms with Gasteiger partial charge in [0.25, 0.3) is 0 Å². The molecule has 1 amide bonds. The summed E-state index contributed by atoms with van der Waals surface area (Å²) in [5.41, 5.74) is 5.67. The highest BCUT2D eigenvalue weighted by molar-refractivity contribution is 5.87. The van der Waals surface area contributed by atoms with Crippen molar-refractivity contribution < 1.29 is 18.0 Å². The lowest BCUT2D eigenvalue weighted by Gasteiger charge is -2.30. The predicted octanol–water partition coefficient (Wildman–Crippen LogP) is 2.57. The molecule has 0 aromatic heterocycles. The maximum atomic E-state index is 12.3. The fourth-order valence-corrected chi connectivity index (χ4v) is 1.84. The molecule has 0 aliphatic heterocycles. The maximum absolute atomic E-state index is 12.3. The van der Waals surface area contributed by atoms with Gasteiger partial charge in [-0.15, -0.1) is 0 Å². The van der Waals surface area contributed by atoms with Gasteiger partial charge in [-0.05, 0) is 31.5 Å². The number of likely N-dealkylation sites (N-methyl/N-ethyl adjacent to an activating group) is 1. The van der Waals surface area contributed by atoms with Crippen LogP contribution >= 0.6 is 0 Å². The molecule has 0 radical (unpaired) electrons. The first-order valence-electron chi connectivity index (χ1n) is 5.72. The summed E-state index contributed by atoms with van der Waals surface area (Å²) < 4.78 is 36.9. The van der Waals surface area contributed by atoms with Gasteiger partial charge in [0, 0.05) is 12.7 Å². The van der Waals surface area contributed by atoms with Crippen molar-refractivity contribution in [1.29, 1.82) is 0 Å². The average Bonchev–Trinajstić information content (AvgIpc) is 2.26. The van der Waals surface area contributed by atoms with E-state index in [0.717, 1.165) is 7.05 Å². The molecule has 106 valence electrons. The van der Waals surface area contributed by atoms with E-state index in [1.807, 2.05) is 0 Å². The molecule has 6 heteroatoms. The second-order valence-electron chi connectivity index (χ2n) is 5.02. The number of amides is 1. The van der Waals surface area contributed by atoms with Gasteiger partial charge >= 0.3 is 6.18 Å². The minimum Gasteiger partial charge on any atom is -0.399 e. The number of carbonyl (C=O) groups excluding carboxylic acids is 1. The van der Waals surface area contributed by atoms with E-state index in [4.69, 9.17) is 5.73 Å². The van der Waals surface area contributed by atoms with E-state index in [-0.39, 0.29) is 0 Å². The summed E-state index contributed by atoms with van der Waals surface area (Å²) in [6.07, 6.45) is -4.40. The van der Waals surface area contributed by atoms with Crippen LogP contribution in [0.4, 0.5) is 18.9 Å². The van der Waals surface area contributed by atoms with E-state index in [2.05, 4.69) is 0 Å². The van der Waals surface area contributed by atoms with Crippen molar-refractivity contribution in [2.45, 2.75) is 25.4 Å². The number of anilines is 1. The van der Waals surface area contributed by atoms with Gasteiger partial charge in [0.05, 0.1) is 5.41 Å². The standard InChI is InChI=1S/C13H17F3N2O/c1-12(2,9-4-6-10(17)7-5-9)11(19)18(3)8-13(14,15)16/h4-7H,8,17H2,1-3H3. The maximum Gasteiger partial charge on any atom is 0.406 e. The molecular weight excluding hydrogens is 257 g/mol. The van der Waals surface area contributed by atoms with Crippen molar-refractivity contribution in [2.24, 2.45) is 0 Å². The van der Waals surface area contributed by atoms with Crippen LogP contribution in [0.5, 0.6) is 0 Å². The second kappa shape index (κ2) is 5.11. The molecule has 0 unspecified atom stereocenters. The lowest BCUT2D eigenvalue weighted by Crippen LogP contribution is -2.45. The summed E-state index contributed by atoms with van der Waals surface area (Å²) >= 11 is 0. The van der Waals surface area contributed by atoms with Gasteiger partial charge in [0.15, 0.2) is 0 Å². The third-order valence-electron chi connectivity index (χ3n) is 2.93. The number of hydrogen-bond donors (Lipinski definition) is 1. The molecule has 1 aromatic carbocycles. The molecule has 0 saturated heterocycles. The van der Waals surface area contributed by atoms with Gasteiger partial charge in [0.1, 0.15) is 6.54 Å². The van der Waals surface area contributed by atoms with Crippen molar-refractivity contribution in [3.63, 3.8) is 0 Å². The highest BCUT2D eigenvalue weighted by atomic mass is 19.4. The SMILES string of the molecule is CN(CC(F)(F)F)C(=O)C(C)(C)c1ccc(N)cc1. The number of nitrogens with zero attached hydrogens (tertiary/aromatic N) is 1. The van der Waals surface area contributed by atoms with Gasteiger partial charge in [-0.25, -0.2) is 0 Å². The van der Waals surface area contributed by atoms with Crippen LogP contribution in [0.15, 0.2) is 24.3 Å². The Hall–Kier alpha value is -1.72. The Morgan fingerprint density at radius 1 is 1.21 bits per heavy atom. The number of alkyl halides is 3. The number of benzene rings is 1. The van der Waals surface area contributed by atoms with Crippen molar-refractivity contribution in [2.75, 3.05) is 19.3 Å². The van der Waals surface area contributed by atoms with E-state index in [9.17, 15) is 18.0 Å². The molecule has 0 bridgehead atoms. The Morgan fingerprint density at radius 2 is 1.68 bits per heavy atom. The minimum atomic E-state index is -4.40. The van der Waals surface area contributed by atoms with Crippen LogP contribution in [0.2, 0.25) is 0 Å². The third-order valence-corrected chi connectivity index (χ3v) is 2.93. The van der Waals surface area contributed by atoms with Gasteiger partial charge in [-0.2, -0.15) is 13.2 Å². The Labute approximate surface area is 110 Å². The molecule has 0 spiro atoms. The van der Waals surface area contributed by atoms with E-state index in [0.29, 0.717) is 16.2 Å². The molecule has 3 nitrogen and oxygen atoms in total. The van der Waals surface area contributed by atoms with Crippen LogP contribution in [0.25, 0.3) is 0 Å². The Bertz CT molecular complexity index is 452. The summed E-state index contributed by atoms with van der Waals surface area (Å²) in [4.78, 5) is 12.8. The largest absolute Gasteiger partial charge is 0.406 e. The molecular formula is C13H17F3N2O. The molecule has 0 saturated carbocycles. The first kappa shape index (κ1) is 15.3. The number of halogens is 3. The van der Waals surface area contributed by atoms with Gasteiger partial charge < -0.3 is 10.6 Å². The summed E-state index contributed by atoms with van der Waals surface area (Å²) in [5, 5.41) is 0. The quantitative estimate of drug-likeness (QED) is 0.861. The Kier molecular flexibility index (Phi) is 4.12. The topological polar surface area (TPSA) is 46.3 Å². The zero-order chi connectivity index (χ0) is 14.8. The monoisotopic (exact) mass is 274 g/mol. The molecule has 0 aliphatic carbocycles. The summed E-state index contributed by atoms with van der Waals surface area (Å²) in [5.74, 6) is -0.588. The van der Waals surface area contributed by atoms with Crippen molar-refractivity contribution in [3.05, 3.63) is 29.8 Å². The van der Waals surface area contributed by atoms with Gasteiger partial charge in [-0.1, -0.05) is 12.1 Å². The highest BCUT2D eigenvalue weighted by Gasteiger charge is 2.37. The highest BCUT2D eigenvalue weighted by Crippen LogP contribution is 2.27. The second-order valence-corrected chi connectivity index (χ2v) is 5.02. The van der Waals surface area contributed by atoms with E-state index >= 15 is 0 Å². The molecule has 0 atom stereocenters. The van der Waals surface area contributed by atoms with E-state index in [1.54, 1.807) is 38.1 Å². The normalized spacial score (nSPS) is 12.3. The minimum absolute atomic E-state index is 0.538. The summed E-state index contributed by atoms with van der Waals surface area (Å²) in [6, 6.07) is 6.53. The van der Waals surface area contributed by atoms with Crippen molar-refractivity contribution in [3.8, 4) is 0 Å². The number of hydrogen-bond acceptors (Lipinski definition) is 2. The van der Waals surface area contributed by atoms with Crippen LogP contribution in [0.3, 0.4) is 0 Å². The fourth-order valence-electron chi connectivity index (χ4n) is 1.84. The molecule has 1 aromatic rings. The molecule has 19 heavy (non-hydrogen) atoms. The van der Waals surface area contributed by atoms with Crippen LogP contribution in [-0.2, 0) is 10.2 Å². The van der Waals surface area contributed by atoms with Gasteiger partial charge in [0.2, 0.25) is 5.91 Å². The number of nitrogens with two attached hydrogens (primary N) is 1. The third kappa shape index (κ3) is 3.87. The lowest BCUT2D eigenvalue weighted by molar-refractivity contribution is -0.161. The predicted molar refractivity (Wildman–Crippen MR) is 67.6 cm³/mol. The van der Waals surface area contributed by atoms with Crippen LogP contribution in [-0.4, -0.2) is 30.6 Å². The fraction of sp³-hybridized carbons (Fsp3) is 0.462. The summed E-state index contributed by atoms with van der Waals surface area (Å²) in [7, 11) is 1.15. The van der Waals surface area contributed by atoms with Gasteiger partial charge in [-0.3, -0.25) is 4.79 Å². The Morgan fingerprint density at radius 3 is 2.11 bits per heavy atom. The smallest absolute Gasteiger partial charge is 0.399 e. The molecule has 2 N–H and O–H groups in total.